The number of allylic oxidation sites excluding steroid dienone is 1. The average molecular weight is 469 g/mol. The number of rotatable bonds is 9. The molecule has 0 fully saturated rings. The van der Waals surface area contributed by atoms with E-state index >= 15 is 0 Å². The van der Waals surface area contributed by atoms with Crippen LogP contribution in [0.3, 0.4) is 0 Å². The molecule has 0 saturated carbocycles. The van der Waals surface area contributed by atoms with E-state index in [4.69, 9.17) is 21.3 Å². The number of benzene rings is 2. The molecular weight excluding hydrogens is 448 g/mol. The lowest BCUT2D eigenvalue weighted by atomic mass is 10.1. The minimum atomic E-state index is 0.277. The summed E-state index contributed by atoms with van der Waals surface area (Å²) < 4.78 is 7.84. The van der Waals surface area contributed by atoms with Crippen LogP contribution in [0.15, 0.2) is 71.7 Å². The molecule has 5 nitrogen and oxygen atoms in total. The third-order valence-electron chi connectivity index (χ3n) is 4.57. The third kappa shape index (κ3) is 5.18. The molecule has 2 heterocycles. The number of ether oxygens (including phenoxy) is 1. The molecule has 0 bridgehead atoms. The molecule has 0 saturated heterocycles. The molecule has 4 rings (SSSR count). The van der Waals surface area contributed by atoms with Crippen molar-refractivity contribution >= 4 is 34.7 Å². The van der Waals surface area contributed by atoms with E-state index in [1.54, 1.807) is 29.2 Å². The molecule has 8 heteroatoms. The fourth-order valence-corrected chi connectivity index (χ4v) is 5.06. The highest BCUT2D eigenvalue weighted by Gasteiger charge is 2.14. The van der Waals surface area contributed by atoms with Crippen molar-refractivity contribution in [2.45, 2.75) is 31.0 Å². The Balaban J connectivity index is 1.45. The van der Waals surface area contributed by atoms with Crippen molar-refractivity contribution < 1.29 is 4.74 Å². The van der Waals surface area contributed by atoms with Crippen LogP contribution in [0.4, 0.5) is 0 Å². The molecule has 0 atom stereocenters. The minimum absolute atomic E-state index is 0.277. The van der Waals surface area contributed by atoms with E-state index < -0.39 is 0 Å². The first-order valence-electron chi connectivity index (χ1n) is 9.69. The van der Waals surface area contributed by atoms with E-state index in [0.29, 0.717) is 23.1 Å². The molecule has 2 aromatic heterocycles. The summed E-state index contributed by atoms with van der Waals surface area (Å²) in [6, 6.07) is 15.7. The number of para-hydroxylation sites is 1. The molecule has 158 valence electrons. The first-order valence-corrected chi connectivity index (χ1v) is 11.9. The van der Waals surface area contributed by atoms with Crippen LogP contribution in [0.5, 0.6) is 5.75 Å². The fourth-order valence-electron chi connectivity index (χ4n) is 3.00. The highest BCUT2D eigenvalue weighted by atomic mass is 35.5. The third-order valence-corrected chi connectivity index (χ3v) is 6.81. The maximum Gasteiger partial charge on any atom is 0.191 e. The highest BCUT2D eigenvalue weighted by Crippen LogP contribution is 2.30. The van der Waals surface area contributed by atoms with Gasteiger partial charge in [0.2, 0.25) is 0 Å². The van der Waals surface area contributed by atoms with Crippen molar-refractivity contribution in [3.05, 3.63) is 88.7 Å². The summed E-state index contributed by atoms with van der Waals surface area (Å²) in [5.74, 6) is 2.06. The van der Waals surface area contributed by atoms with Crippen molar-refractivity contribution in [3.8, 4) is 16.3 Å². The van der Waals surface area contributed by atoms with Crippen LogP contribution < -0.4 is 4.74 Å². The van der Waals surface area contributed by atoms with Crippen molar-refractivity contribution in [2.75, 3.05) is 0 Å². The second-order valence-corrected chi connectivity index (χ2v) is 8.97. The molecule has 0 aliphatic heterocycles. The van der Waals surface area contributed by atoms with Crippen LogP contribution >= 0.6 is 34.7 Å². The summed E-state index contributed by atoms with van der Waals surface area (Å²) in [6.07, 6.45) is 1.82. The first kappa shape index (κ1) is 21.6. The number of aryl methyl sites for hydroxylation is 1. The number of nitrogens with zero attached hydrogens (tertiary/aromatic N) is 4. The average Bonchev–Trinajstić information content (AvgIpc) is 3.39. The van der Waals surface area contributed by atoms with Gasteiger partial charge >= 0.3 is 0 Å². The van der Waals surface area contributed by atoms with Gasteiger partial charge in [-0.2, -0.15) is 0 Å². The monoisotopic (exact) mass is 468 g/mol. The summed E-state index contributed by atoms with van der Waals surface area (Å²) in [5, 5.41) is 13.2. The van der Waals surface area contributed by atoms with Crippen LogP contribution in [0.1, 0.15) is 17.1 Å². The van der Waals surface area contributed by atoms with Crippen LogP contribution in [0.2, 0.25) is 5.02 Å². The summed E-state index contributed by atoms with van der Waals surface area (Å²) in [6.45, 7) is 6.84. The Morgan fingerprint density at radius 2 is 1.97 bits per heavy atom. The fraction of sp³-hybridized carbons (Fsp3) is 0.174. The number of hydrogen-bond acceptors (Lipinski definition) is 6. The number of thioether (sulfide) groups is 1. The smallest absolute Gasteiger partial charge is 0.191 e. The predicted octanol–water partition coefficient (Wildman–Crippen LogP) is 6.42. The topological polar surface area (TPSA) is 52.8 Å². The van der Waals surface area contributed by atoms with Crippen LogP contribution in [0.25, 0.3) is 10.6 Å². The zero-order valence-corrected chi connectivity index (χ0v) is 19.4. The van der Waals surface area contributed by atoms with Gasteiger partial charge in [0.25, 0.3) is 0 Å². The Morgan fingerprint density at radius 1 is 1.16 bits per heavy atom. The Hall–Kier alpha value is -2.61. The van der Waals surface area contributed by atoms with Crippen molar-refractivity contribution in [2.24, 2.45) is 0 Å². The molecule has 0 aliphatic rings. The second kappa shape index (κ2) is 10.1. The standard InChI is InChI=1S/C23H21ClN4OS2/c1-3-12-28-21(13-29-20-11-7-6-10-19(20)24)26-27-23(28)31-15-17-14-30-22(25-17)18-9-5-4-8-16(18)2/h3-11,14H,1,12-13,15H2,2H3. The van der Waals surface area contributed by atoms with Crippen LogP contribution in [0, 0.1) is 6.92 Å². The molecule has 0 unspecified atom stereocenters. The molecule has 2 aromatic carbocycles. The summed E-state index contributed by atoms with van der Waals surface area (Å²) in [5.41, 5.74) is 3.43. The molecule has 0 N–H and O–H groups in total. The van der Waals surface area contributed by atoms with E-state index in [9.17, 15) is 0 Å². The van der Waals surface area contributed by atoms with Crippen LogP contribution in [-0.2, 0) is 18.9 Å². The first-order chi connectivity index (χ1) is 15.2. The van der Waals surface area contributed by atoms with Gasteiger partial charge in [0, 0.05) is 23.2 Å². The van der Waals surface area contributed by atoms with Gasteiger partial charge in [-0.3, -0.25) is 4.57 Å². The predicted molar refractivity (Wildman–Crippen MR) is 128 cm³/mol. The molecule has 0 spiro atoms. The van der Waals surface area contributed by atoms with E-state index in [0.717, 1.165) is 21.7 Å². The Labute approximate surface area is 194 Å². The summed E-state index contributed by atoms with van der Waals surface area (Å²) in [4.78, 5) is 4.81. The zero-order chi connectivity index (χ0) is 21.6. The SMILES string of the molecule is C=CCn1c(COc2ccccc2Cl)nnc1SCc1csc(-c2ccccc2C)n1. The van der Waals surface area contributed by atoms with Gasteiger partial charge in [-0.05, 0) is 24.6 Å². The lowest BCUT2D eigenvalue weighted by Crippen LogP contribution is -2.07. The molecule has 0 radical (unpaired) electrons. The van der Waals surface area contributed by atoms with Gasteiger partial charge in [0.05, 0.1) is 10.7 Å². The lowest BCUT2D eigenvalue weighted by molar-refractivity contribution is 0.289. The number of hydrogen-bond donors (Lipinski definition) is 0. The quantitative estimate of drug-likeness (QED) is 0.209. The van der Waals surface area contributed by atoms with Gasteiger partial charge < -0.3 is 4.74 Å². The molecule has 4 aromatic rings. The molecule has 0 amide bonds. The Bertz CT molecular complexity index is 1190. The normalized spacial score (nSPS) is 10.9. The van der Waals surface area contributed by atoms with E-state index in [1.807, 2.05) is 41.0 Å². The number of aromatic nitrogens is 4. The maximum atomic E-state index is 6.18. The number of halogens is 1. The van der Waals surface area contributed by atoms with Gasteiger partial charge in [-0.1, -0.05) is 65.8 Å². The van der Waals surface area contributed by atoms with Gasteiger partial charge in [-0.25, -0.2) is 4.98 Å². The van der Waals surface area contributed by atoms with Gasteiger partial charge in [0.15, 0.2) is 11.0 Å². The summed E-state index contributed by atoms with van der Waals surface area (Å²) in [7, 11) is 0. The number of thiazole rings is 1. The maximum absolute atomic E-state index is 6.18. The van der Waals surface area contributed by atoms with Crippen molar-refractivity contribution in [3.63, 3.8) is 0 Å². The van der Waals surface area contributed by atoms with Gasteiger partial charge in [0.1, 0.15) is 17.4 Å². The Morgan fingerprint density at radius 3 is 2.77 bits per heavy atom. The lowest BCUT2D eigenvalue weighted by Gasteiger charge is -2.09. The minimum Gasteiger partial charge on any atom is -0.484 e. The van der Waals surface area contributed by atoms with Crippen molar-refractivity contribution in [1.29, 1.82) is 0 Å². The zero-order valence-electron chi connectivity index (χ0n) is 17.0. The highest BCUT2D eigenvalue weighted by molar-refractivity contribution is 7.98. The molecule has 31 heavy (non-hydrogen) atoms. The van der Waals surface area contributed by atoms with Crippen molar-refractivity contribution in [1.82, 2.24) is 19.7 Å². The van der Waals surface area contributed by atoms with E-state index in [-0.39, 0.29) is 6.61 Å². The second-order valence-electron chi connectivity index (χ2n) is 6.76. The summed E-state index contributed by atoms with van der Waals surface area (Å²) >= 11 is 9.44. The Kier molecular flexibility index (Phi) is 7.06. The molecular formula is C23H21ClN4OS2. The molecule has 0 aliphatic carbocycles. The van der Waals surface area contributed by atoms with E-state index in [2.05, 4.69) is 41.2 Å². The largest absolute Gasteiger partial charge is 0.484 e. The van der Waals surface area contributed by atoms with E-state index in [1.165, 1.54) is 11.1 Å². The van der Waals surface area contributed by atoms with Crippen LogP contribution in [-0.4, -0.2) is 19.7 Å². The van der Waals surface area contributed by atoms with Gasteiger partial charge in [-0.15, -0.1) is 28.1 Å².